The van der Waals surface area contributed by atoms with E-state index in [-0.39, 0.29) is 6.35 Å². The number of H-pyrrole nitrogens is 1. The van der Waals surface area contributed by atoms with Crippen LogP contribution in [0.2, 0.25) is 5.02 Å². The third-order valence-electron chi connectivity index (χ3n) is 6.66. The van der Waals surface area contributed by atoms with Gasteiger partial charge in [-0.05, 0) is 36.2 Å². The number of nitrogens with one attached hydrogen (secondary N) is 1. The molecular weight excluding hydrogens is 523 g/mol. The highest BCUT2D eigenvalue weighted by Gasteiger charge is 2.57. The molecule has 194 valence electrons. The molecule has 4 heterocycles. The fourth-order valence-electron chi connectivity index (χ4n) is 4.81. The van der Waals surface area contributed by atoms with Crippen LogP contribution in [0.4, 0.5) is 5.69 Å². The number of pyridine rings is 1. The average Bonchev–Trinajstić information content (AvgIpc) is 3.61. The Kier molecular flexibility index (Phi) is 6.68. The lowest BCUT2D eigenvalue weighted by molar-refractivity contribution is -0.164. The second-order valence-corrected chi connectivity index (χ2v) is 11.0. The summed E-state index contributed by atoms with van der Waals surface area (Å²) in [6, 6.07) is 19.9. The molecule has 2 fully saturated rings. The smallest absolute Gasteiger partial charge is 0.247 e. The second kappa shape index (κ2) is 10.1. The Balaban J connectivity index is 1.24. The van der Waals surface area contributed by atoms with Crippen molar-refractivity contribution in [2.75, 3.05) is 18.0 Å². The largest absolute Gasteiger partial charge is 0.444 e. The number of hydrogen-bond donors (Lipinski definition) is 2. The SMILES string of the molecule is C=CN(/N=C\C)c1ccc(-c2ccc(-c3nc4cc(O[C@@]56CCOC5P(O)CO6)[nH]c4cc3Cl)cc2)cc1. The Morgan fingerprint density at radius 1 is 1.18 bits per heavy atom. The first-order valence-electron chi connectivity index (χ1n) is 12.2. The molecule has 2 saturated heterocycles. The van der Waals surface area contributed by atoms with Crippen molar-refractivity contribution in [2.24, 2.45) is 5.10 Å². The zero-order valence-corrected chi connectivity index (χ0v) is 22.3. The highest BCUT2D eigenvalue weighted by molar-refractivity contribution is 7.52. The molecule has 8 nitrogen and oxygen atoms in total. The van der Waals surface area contributed by atoms with Crippen molar-refractivity contribution in [1.29, 1.82) is 0 Å². The molecule has 2 aliphatic rings. The minimum atomic E-state index is -1.37. The number of benzene rings is 2. The summed E-state index contributed by atoms with van der Waals surface area (Å²) in [6.07, 6.45) is 4.20. The summed E-state index contributed by atoms with van der Waals surface area (Å²) in [6.45, 7) is 6.16. The zero-order valence-electron chi connectivity index (χ0n) is 20.7. The van der Waals surface area contributed by atoms with Gasteiger partial charge in [-0.3, -0.25) is 0 Å². The van der Waals surface area contributed by atoms with Gasteiger partial charge in [0, 0.05) is 30.5 Å². The summed E-state index contributed by atoms with van der Waals surface area (Å²) in [5.74, 6) is -0.911. The maximum absolute atomic E-state index is 10.2. The van der Waals surface area contributed by atoms with Crippen LogP contribution in [0.15, 0.2) is 78.5 Å². The molecule has 0 bridgehead atoms. The zero-order chi connectivity index (χ0) is 26.3. The predicted octanol–water partition coefficient (Wildman–Crippen LogP) is 6.70. The quantitative estimate of drug-likeness (QED) is 0.152. The highest BCUT2D eigenvalue weighted by Crippen LogP contribution is 2.56. The van der Waals surface area contributed by atoms with Crippen LogP contribution < -0.4 is 9.75 Å². The highest BCUT2D eigenvalue weighted by atomic mass is 35.5. The van der Waals surface area contributed by atoms with Gasteiger partial charge in [-0.15, -0.1) is 0 Å². The number of rotatable bonds is 7. The molecule has 0 saturated carbocycles. The molecule has 0 spiro atoms. The normalized spacial score (nSPS) is 22.7. The van der Waals surface area contributed by atoms with Crippen molar-refractivity contribution >= 4 is 42.7 Å². The maximum atomic E-state index is 10.2. The van der Waals surface area contributed by atoms with E-state index in [0.29, 0.717) is 29.6 Å². The van der Waals surface area contributed by atoms with E-state index in [9.17, 15) is 4.89 Å². The molecule has 2 aromatic heterocycles. The third-order valence-corrected chi connectivity index (χ3v) is 8.43. The molecule has 0 amide bonds. The van der Waals surface area contributed by atoms with Gasteiger partial charge in [0.05, 0.1) is 48.5 Å². The minimum Gasteiger partial charge on any atom is -0.444 e. The number of hydrogen-bond acceptors (Lipinski definition) is 7. The van der Waals surface area contributed by atoms with Gasteiger partial charge in [-0.25, -0.2) is 9.99 Å². The molecule has 2 N–H and O–H groups in total. The van der Waals surface area contributed by atoms with Crippen LogP contribution in [-0.2, 0) is 9.47 Å². The molecule has 38 heavy (non-hydrogen) atoms. The lowest BCUT2D eigenvalue weighted by Crippen LogP contribution is -2.41. The number of hydrazone groups is 1. The van der Waals surface area contributed by atoms with Crippen LogP contribution in [0.5, 0.6) is 5.88 Å². The first-order valence-corrected chi connectivity index (χ1v) is 14.1. The number of anilines is 1. The van der Waals surface area contributed by atoms with E-state index >= 15 is 0 Å². The van der Waals surface area contributed by atoms with Crippen molar-refractivity contribution in [1.82, 2.24) is 9.97 Å². The number of ether oxygens (including phenoxy) is 3. The predicted molar refractivity (Wildman–Crippen MR) is 152 cm³/mol. The molecule has 10 heteroatoms. The standard InChI is InChI=1S/C28H26ClN4O4P/c1-3-30-33(4-2)21-11-9-19(10-12-21)18-5-7-20(8-6-18)26-22(29)15-23-24(32-26)16-25(31-23)37-28-13-14-35-27(28)38(34)17-36-28/h3-12,15-16,27,31,34H,2,13-14,17H2,1H3/b30-3-/t27?,28-,38?/m0/s1. The summed E-state index contributed by atoms with van der Waals surface area (Å²) < 4.78 is 17.7. The van der Waals surface area contributed by atoms with Crippen LogP contribution in [0.1, 0.15) is 13.3 Å². The average molecular weight is 549 g/mol. The molecule has 6 rings (SSSR count). The van der Waals surface area contributed by atoms with Crippen LogP contribution >= 0.6 is 19.7 Å². The van der Waals surface area contributed by atoms with E-state index in [0.717, 1.165) is 33.4 Å². The molecule has 3 atom stereocenters. The molecule has 0 radical (unpaired) electrons. The number of halogens is 1. The van der Waals surface area contributed by atoms with Crippen molar-refractivity contribution in [3.8, 4) is 28.3 Å². The lowest BCUT2D eigenvalue weighted by atomic mass is 10.0. The number of nitrogens with zero attached hydrogens (tertiary/aromatic N) is 3. The Bertz CT molecular complexity index is 1510. The van der Waals surface area contributed by atoms with E-state index in [4.69, 9.17) is 30.8 Å². The van der Waals surface area contributed by atoms with E-state index in [1.54, 1.807) is 17.4 Å². The van der Waals surface area contributed by atoms with Gasteiger partial charge in [-0.1, -0.05) is 54.6 Å². The first-order chi connectivity index (χ1) is 18.5. The van der Waals surface area contributed by atoms with Crippen molar-refractivity contribution in [3.63, 3.8) is 0 Å². The number of aromatic amines is 1. The van der Waals surface area contributed by atoms with Crippen molar-refractivity contribution in [3.05, 3.63) is 78.5 Å². The number of aromatic nitrogens is 2. The Hall–Kier alpha value is -3.26. The van der Waals surface area contributed by atoms with Crippen molar-refractivity contribution < 1.29 is 19.1 Å². The fraction of sp³-hybridized carbons (Fsp3) is 0.214. The molecule has 2 aliphatic heterocycles. The second-order valence-electron chi connectivity index (χ2n) is 9.01. The molecule has 4 aromatic rings. The Morgan fingerprint density at radius 3 is 2.61 bits per heavy atom. The van der Waals surface area contributed by atoms with Gasteiger partial charge in [0.2, 0.25) is 5.79 Å². The molecule has 2 unspecified atom stereocenters. The van der Waals surface area contributed by atoms with E-state index in [2.05, 4.69) is 40.9 Å². The monoisotopic (exact) mass is 548 g/mol. The summed E-state index contributed by atoms with van der Waals surface area (Å²) in [4.78, 5) is 18.3. The van der Waals surface area contributed by atoms with E-state index in [1.807, 2.05) is 43.3 Å². The number of fused-ring (bicyclic) bond motifs is 2. The van der Waals surface area contributed by atoms with E-state index in [1.165, 1.54) is 0 Å². The third kappa shape index (κ3) is 4.49. The summed E-state index contributed by atoms with van der Waals surface area (Å²) in [7, 11) is -1.37. The van der Waals surface area contributed by atoms with Crippen LogP contribution in [0.3, 0.4) is 0 Å². The van der Waals surface area contributed by atoms with Crippen molar-refractivity contribution in [2.45, 2.75) is 25.0 Å². The van der Waals surface area contributed by atoms with Gasteiger partial charge >= 0.3 is 0 Å². The summed E-state index contributed by atoms with van der Waals surface area (Å²) in [5, 5.41) is 6.52. The van der Waals surface area contributed by atoms with Gasteiger partial charge in [-0.2, -0.15) is 5.10 Å². The van der Waals surface area contributed by atoms with Crippen LogP contribution in [0.25, 0.3) is 33.4 Å². The van der Waals surface area contributed by atoms with Crippen LogP contribution in [0, 0.1) is 0 Å². The summed E-state index contributed by atoms with van der Waals surface area (Å²) >= 11 is 6.64. The van der Waals surface area contributed by atoms with Crippen LogP contribution in [-0.4, -0.2) is 45.7 Å². The topological polar surface area (TPSA) is 92.2 Å². The van der Waals surface area contributed by atoms with E-state index < -0.39 is 19.8 Å². The van der Waals surface area contributed by atoms with Gasteiger partial charge < -0.3 is 24.1 Å². The molecular formula is C28H26ClN4O4P. The van der Waals surface area contributed by atoms with Gasteiger partial charge in [0.15, 0.2) is 11.7 Å². The Morgan fingerprint density at radius 2 is 1.89 bits per heavy atom. The summed E-state index contributed by atoms with van der Waals surface area (Å²) in [5.41, 5.74) is 6.16. The maximum Gasteiger partial charge on any atom is 0.247 e. The fourth-order valence-corrected chi connectivity index (χ4v) is 6.55. The lowest BCUT2D eigenvalue weighted by Gasteiger charge is -2.26. The first kappa shape index (κ1) is 25.0. The Labute approximate surface area is 226 Å². The van der Waals surface area contributed by atoms with Gasteiger partial charge in [0.1, 0.15) is 0 Å². The molecule has 2 aromatic carbocycles. The minimum absolute atomic E-state index is 0.245. The molecule has 0 aliphatic carbocycles. The van der Waals surface area contributed by atoms with Gasteiger partial charge in [0.25, 0.3) is 0 Å².